The molecule has 1 heterocycles. The van der Waals surface area contributed by atoms with Gasteiger partial charge in [0.2, 0.25) is 0 Å². The Morgan fingerprint density at radius 1 is 1.41 bits per heavy atom. The maximum Gasteiger partial charge on any atom is 0.138 e. The van der Waals surface area contributed by atoms with Crippen LogP contribution in [0.1, 0.15) is 31.7 Å². The fourth-order valence-electron chi connectivity index (χ4n) is 2.09. The highest BCUT2D eigenvalue weighted by atomic mass is 16.3. The predicted octanol–water partition coefficient (Wildman–Crippen LogP) is 1.83. The number of aliphatic hydroxyl groups excluding tert-OH is 1. The quantitative estimate of drug-likeness (QED) is 0.828. The van der Waals surface area contributed by atoms with Gasteiger partial charge >= 0.3 is 0 Å². The first-order chi connectivity index (χ1) is 8.27. The summed E-state index contributed by atoms with van der Waals surface area (Å²) in [6.07, 6.45) is 0.995. The number of nitrogens with zero attached hydrogens (tertiary/aromatic N) is 2. The molecule has 2 rings (SSSR count). The van der Waals surface area contributed by atoms with E-state index in [4.69, 9.17) is 5.73 Å². The summed E-state index contributed by atoms with van der Waals surface area (Å²) in [4.78, 5) is 4.51. The molecule has 3 N–H and O–H groups in total. The Balaban J connectivity index is 2.49. The van der Waals surface area contributed by atoms with Crippen LogP contribution in [0.15, 0.2) is 24.3 Å². The Bertz CT molecular complexity index is 492. The van der Waals surface area contributed by atoms with Crippen LogP contribution in [0.4, 0.5) is 0 Å². The van der Waals surface area contributed by atoms with Gasteiger partial charge in [-0.3, -0.25) is 0 Å². The Morgan fingerprint density at radius 2 is 2.18 bits per heavy atom. The maximum absolute atomic E-state index is 10.1. The van der Waals surface area contributed by atoms with Crippen molar-refractivity contribution in [3.8, 4) is 0 Å². The fourth-order valence-corrected chi connectivity index (χ4v) is 2.09. The largest absolute Gasteiger partial charge is 0.385 e. The molecule has 0 radical (unpaired) electrons. The molecule has 0 aliphatic carbocycles. The minimum absolute atomic E-state index is 0.469. The van der Waals surface area contributed by atoms with Gasteiger partial charge < -0.3 is 15.4 Å². The van der Waals surface area contributed by atoms with Gasteiger partial charge in [0.25, 0.3) is 0 Å². The van der Waals surface area contributed by atoms with E-state index in [1.807, 2.05) is 24.3 Å². The van der Waals surface area contributed by atoms with Crippen molar-refractivity contribution < 1.29 is 5.11 Å². The van der Waals surface area contributed by atoms with Gasteiger partial charge in [-0.25, -0.2) is 4.98 Å². The number of aromatic nitrogens is 2. The molecule has 1 aromatic carbocycles. The third kappa shape index (κ3) is 2.33. The van der Waals surface area contributed by atoms with Crippen LogP contribution in [-0.4, -0.2) is 21.2 Å². The Hall–Kier alpha value is -1.39. The van der Waals surface area contributed by atoms with Crippen LogP contribution in [0.2, 0.25) is 0 Å². The summed E-state index contributed by atoms with van der Waals surface area (Å²) in [5.74, 6) is 0.735. The molecular formula is C13H19N3O. The molecule has 0 aliphatic rings. The molecule has 4 heteroatoms. The van der Waals surface area contributed by atoms with Crippen LogP contribution in [0.25, 0.3) is 11.0 Å². The third-order valence-electron chi connectivity index (χ3n) is 2.87. The topological polar surface area (TPSA) is 64.1 Å². The van der Waals surface area contributed by atoms with Crippen LogP contribution < -0.4 is 5.73 Å². The van der Waals surface area contributed by atoms with Crippen molar-refractivity contribution in [1.82, 2.24) is 9.55 Å². The van der Waals surface area contributed by atoms with Gasteiger partial charge in [-0.1, -0.05) is 19.1 Å². The van der Waals surface area contributed by atoms with Gasteiger partial charge in [0.15, 0.2) is 0 Å². The van der Waals surface area contributed by atoms with Crippen LogP contribution in [0, 0.1) is 0 Å². The number of rotatable bonds is 5. The van der Waals surface area contributed by atoms with E-state index in [1.165, 1.54) is 0 Å². The van der Waals surface area contributed by atoms with Crippen molar-refractivity contribution in [2.45, 2.75) is 32.4 Å². The highest BCUT2D eigenvalue weighted by molar-refractivity contribution is 5.75. The van der Waals surface area contributed by atoms with Gasteiger partial charge in [0, 0.05) is 6.54 Å². The molecule has 2 aromatic rings. The number of hydrogen-bond donors (Lipinski definition) is 2. The summed E-state index contributed by atoms with van der Waals surface area (Å²) in [6, 6.07) is 7.97. The molecule has 4 nitrogen and oxygen atoms in total. The molecule has 92 valence electrons. The molecule has 0 spiro atoms. The first-order valence-corrected chi connectivity index (χ1v) is 6.11. The number of fused-ring (bicyclic) bond motifs is 1. The highest BCUT2D eigenvalue weighted by Crippen LogP contribution is 2.22. The van der Waals surface area contributed by atoms with Crippen molar-refractivity contribution in [1.29, 1.82) is 0 Å². The lowest BCUT2D eigenvalue weighted by Crippen LogP contribution is -2.12. The average molecular weight is 233 g/mol. The van der Waals surface area contributed by atoms with Crippen molar-refractivity contribution >= 4 is 11.0 Å². The summed E-state index contributed by atoms with van der Waals surface area (Å²) >= 11 is 0. The van der Waals surface area contributed by atoms with Crippen LogP contribution >= 0.6 is 0 Å². The van der Waals surface area contributed by atoms with Crippen molar-refractivity contribution in [2.75, 3.05) is 6.54 Å². The molecule has 1 unspecified atom stereocenters. The molecular weight excluding hydrogens is 214 g/mol. The monoisotopic (exact) mass is 233 g/mol. The molecule has 0 amide bonds. The summed E-state index contributed by atoms with van der Waals surface area (Å²) < 4.78 is 2.09. The summed E-state index contributed by atoms with van der Waals surface area (Å²) in [5, 5.41) is 10.1. The average Bonchev–Trinajstić information content (AvgIpc) is 2.70. The minimum atomic E-state index is -0.570. The van der Waals surface area contributed by atoms with Gasteiger partial charge in [0.1, 0.15) is 11.9 Å². The number of imidazole rings is 1. The molecule has 17 heavy (non-hydrogen) atoms. The zero-order valence-electron chi connectivity index (χ0n) is 10.1. The normalized spacial score (nSPS) is 13.1. The number of benzene rings is 1. The second-order valence-electron chi connectivity index (χ2n) is 4.20. The number of aliphatic hydroxyl groups is 1. The summed E-state index contributed by atoms with van der Waals surface area (Å²) in [7, 11) is 0. The van der Waals surface area contributed by atoms with E-state index in [0.29, 0.717) is 13.0 Å². The Morgan fingerprint density at radius 3 is 2.88 bits per heavy atom. The van der Waals surface area contributed by atoms with Gasteiger partial charge in [-0.2, -0.15) is 0 Å². The molecule has 1 aromatic heterocycles. The lowest BCUT2D eigenvalue weighted by molar-refractivity contribution is 0.156. The Kier molecular flexibility index (Phi) is 3.76. The molecule has 0 aliphatic heterocycles. The molecule has 0 bridgehead atoms. The third-order valence-corrected chi connectivity index (χ3v) is 2.87. The standard InChI is InChI=1S/C13H19N3O/c1-2-9-16-11-6-4-3-5-10(11)15-13(16)12(17)7-8-14/h3-6,12,17H,2,7-9,14H2,1H3. The zero-order chi connectivity index (χ0) is 12.3. The number of hydrogen-bond acceptors (Lipinski definition) is 3. The first-order valence-electron chi connectivity index (χ1n) is 6.11. The summed E-state index contributed by atoms with van der Waals surface area (Å²) in [5.41, 5.74) is 7.51. The SMILES string of the molecule is CCCn1c(C(O)CCN)nc2ccccc21. The van der Waals surface area contributed by atoms with Gasteiger partial charge in [0.05, 0.1) is 11.0 Å². The van der Waals surface area contributed by atoms with E-state index >= 15 is 0 Å². The minimum Gasteiger partial charge on any atom is -0.385 e. The maximum atomic E-state index is 10.1. The van der Waals surface area contributed by atoms with E-state index in [-0.39, 0.29) is 0 Å². The first kappa shape index (κ1) is 12.1. The highest BCUT2D eigenvalue weighted by Gasteiger charge is 2.16. The number of aryl methyl sites for hydroxylation is 1. The van der Waals surface area contributed by atoms with Crippen LogP contribution in [0.5, 0.6) is 0 Å². The fraction of sp³-hybridized carbons (Fsp3) is 0.462. The smallest absolute Gasteiger partial charge is 0.138 e. The second kappa shape index (κ2) is 5.29. The van der Waals surface area contributed by atoms with E-state index in [2.05, 4.69) is 16.5 Å². The van der Waals surface area contributed by atoms with Gasteiger partial charge in [-0.15, -0.1) is 0 Å². The number of para-hydroxylation sites is 2. The predicted molar refractivity (Wildman–Crippen MR) is 68.7 cm³/mol. The molecule has 1 atom stereocenters. The van der Waals surface area contributed by atoms with E-state index in [1.54, 1.807) is 0 Å². The zero-order valence-corrected chi connectivity index (χ0v) is 10.1. The molecule has 0 fully saturated rings. The Labute approximate surface area is 101 Å². The molecule has 0 saturated heterocycles. The van der Waals surface area contributed by atoms with Crippen LogP contribution in [-0.2, 0) is 6.54 Å². The van der Waals surface area contributed by atoms with E-state index in [9.17, 15) is 5.11 Å². The van der Waals surface area contributed by atoms with E-state index in [0.717, 1.165) is 29.8 Å². The van der Waals surface area contributed by atoms with E-state index < -0.39 is 6.10 Å². The van der Waals surface area contributed by atoms with Crippen LogP contribution in [0.3, 0.4) is 0 Å². The van der Waals surface area contributed by atoms with Crippen molar-refractivity contribution in [3.63, 3.8) is 0 Å². The number of nitrogens with two attached hydrogens (primary N) is 1. The summed E-state index contributed by atoms with van der Waals surface area (Å²) in [6.45, 7) is 3.46. The van der Waals surface area contributed by atoms with Crippen molar-refractivity contribution in [2.24, 2.45) is 5.73 Å². The lowest BCUT2D eigenvalue weighted by atomic mass is 10.2. The molecule has 0 saturated carbocycles. The second-order valence-corrected chi connectivity index (χ2v) is 4.20. The van der Waals surface area contributed by atoms with Crippen molar-refractivity contribution in [3.05, 3.63) is 30.1 Å². The van der Waals surface area contributed by atoms with Gasteiger partial charge in [-0.05, 0) is 31.5 Å². The lowest BCUT2D eigenvalue weighted by Gasteiger charge is -2.12.